The van der Waals surface area contributed by atoms with Gasteiger partial charge in [-0.3, -0.25) is 4.98 Å². The Morgan fingerprint density at radius 2 is 2.33 bits per heavy atom. The number of hydrogen-bond acceptors (Lipinski definition) is 4. The van der Waals surface area contributed by atoms with Crippen LogP contribution in [-0.2, 0) is 0 Å². The van der Waals surface area contributed by atoms with E-state index in [4.69, 9.17) is 0 Å². The molecule has 0 spiro atoms. The van der Waals surface area contributed by atoms with Gasteiger partial charge in [0.2, 0.25) is 0 Å². The molecule has 0 radical (unpaired) electrons. The number of rotatable bonds is 1. The maximum absolute atomic E-state index is 4.16. The second kappa shape index (κ2) is 3.28. The molecule has 0 aliphatic heterocycles. The van der Waals surface area contributed by atoms with Crippen LogP contribution >= 0.6 is 27.3 Å². The molecule has 2 aromatic heterocycles. The van der Waals surface area contributed by atoms with Gasteiger partial charge in [-0.25, -0.2) is 0 Å². The molecule has 0 atom stereocenters. The van der Waals surface area contributed by atoms with Crippen LogP contribution in [0.2, 0.25) is 0 Å². The summed E-state index contributed by atoms with van der Waals surface area (Å²) in [6.45, 7) is 0. The van der Waals surface area contributed by atoms with Gasteiger partial charge in [-0.15, -0.1) is 10.2 Å². The first-order valence-electron chi connectivity index (χ1n) is 3.24. The van der Waals surface area contributed by atoms with Crippen LogP contribution in [0.4, 0.5) is 0 Å². The van der Waals surface area contributed by atoms with E-state index < -0.39 is 0 Å². The first-order chi connectivity index (χ1) is 5.86. The van der Waals surface area contributed by atoms with Crippen molar-refractivity contribution in [2.24, 2.45) is 0 Å². The lowest BCUT2D eigenvalue weighted by Gasteiger charge is -1.93. The van der Waals surface area contributed by atoms with Crippen LogP contribution in [0.5, 0.6) is 0 Å². The zero-order valence-electron chi connectivity index (χ0n) is 5.94. The topological polar surface area (TPSA) is 38.7 Å². The Morgan fingerprint density at radius 1 is 1.42 bits per heavy atom. The molecular formula is C7H4BrN3S. The second-order valence-corrected chi connectivity index (χ2v) is 3.85. The van der Waals surface area contributed by atoms with Crippen LogP contribution in [0.25, 0.3) is 10.7 Å². The highest BCUT2D eigenvalue weighted by Crippen LogP contribution is 2.20. The zero-order valence-corrected chi connectivity index (χ0v) is 8.34. The molecule has 0 saturated carbocycles. The van der Waals surface area contributed by atoms with E-state index in [2.05, 4.69) is 31.1 Å². The quantitative estimate of drug-likeness (QED) is 0.770. The Balaban J connectivity index is 2.48. The smallest absolute Gasteiger partial charge is 0.166 e. The SMILES string of the molecule is Brc1ccnc(-c2nncs2)c1. The molecule has 2 rings (SSSR count). The van der Waals surface area contributed by atoms with E-state index in [1.165, 1.54) is 11.3 Å². The van der Waals surface area contributed by atoms with Gasteiger partial charge in [0.1, 0.15) is 11.2 Å². The summed E-state index contributed by atoms with van der Waals surface area (Å²) in [6.07, 6.45) is 1.74. The average Bonchev–Trinajstić information content (AvgIpc) is 2.56. The van der Waals surface area contributed by atoms with E-state index in [1.807, 2.05) is 12.1 Å². The van der Waals surface area contributed by atoms with Crippen molar-refractivity contribution >= 4 is 27.3 Å². The number of aromatic nitrogens is 3. The van der Waals surface area contributed by atoms with Crippen molar-refractivity contribution in [3.05, 3.63) is 28.3 Å². The summed E-state index contributed by atoms with van der Waals surface area (Å²) >= 11 is 4.84. The van der Waals surface area contributed by atoms with Gasteiger partial charge in [-0.1, -0.05) is 27.3 Å². The second-order valence-electron chi connectivity index (χ2n) is 2.10. The molecule has 0 unspecified atom stereocenters. The predicted molar refractivity (Wildman–Crippen MR) is 50.8 cm³/mol. The third-order valence-corrected chi connectivity index (χ3v) is 2.51. The molecule has 12 heavy (non-hydrogen) atoms. The molecule has 0 amide bonds. The number of hydrogen-bond donors (Lipinski definition) is 0. The fourth-order valence-electron chi connectivity index (χ4n) is 0.806. The molecule has 60 valence electrons. The minimum atomic E-state index is 0.844. The summed E-state index contributed by atoms with van der Waals surface area (Å²) in [5, 5.41) is 8.50. The Labute approximate surface area is 81.6 Å². The van der Waals surface area contributed by atoms with E-state index in [-0.39, 0.29) is 0 Å². The molecule has 0 aliphatic rings. The van der Waals surface area contributed by atoms with Crippen LogP contribution < -0.4 is 0 Å². The van der Waals surface area contributed by atoms with Crippen LogP contribution in [0.3, 0.4) is 0 Å². The lowest BCUT2D eigenvalue weighted by atomic mass is 10.4. The van der Waals surface area contributed by atoms with Gasteiger partial charge >= 0.3 is 0 Å². The maximum Gasteiger partial charge on any atom is 0.166 e. The highest BCUT2D eigenvalue weighted by Gasteiger charge is 2.01. The molecule has 0 fully saturated rings. The summed E-state index contributed by atoms with van der Waals surface area (Å²) in [7, 11) is 0. The molecule has 0 bridgehead atoms. The lowest BCUT2D eigenvalue weighted by molar-refractivity contribution is 1.09. The summed E-state index contributed by atoms with van der Waals surface area (Å²) in [5.74, 6) is 0. The fourth-order valence-corrected chi connectivity index (χ4v) is 1.66. The van der Waals surface area contributed by atoms with Gasteiger partial charge < -0.3 is 0 Å². The third kappa shape index (κ3) is 1.51. The number of halogens is 1. The Hall–Kier alpha value is -0.810. The highest BCUT2D eigenvalue weighted by molar-refractivity contribution is 9.10. The van der Waals surface area contributed by atoms with Gasteiger partial charge in [0.05, 0.1) is 0 Å². The molecule has 2 aromatic rings. The monoisotopic (exact) mass is 241 g/mol. The van der Waals surface area contributed by atoms with Crippen LogP contribution in [-0.4, -0.2) is 15.2 Å². The van der Waals surface area contributed by atoms with Crippen molar-refractivity contribution in [2.45, 2.75) is 0 Å². The van der Waals surface area contributed by atoms with Gasteiger partial charge in [-0.05, 0) is 12.1 Å². The molecule has 0 N–H and O–H groups in total. The third-order valence-electron chi connectivity index (χ3n) is 1.30. The minimum Gasteiger partial charge on any atom is -0.254 e. The molecule has 3 nitrogen and oxygen atoms in total. The number of nitrogens with zero attached hydrogens (tertiary/aromatic N) is 3. The molecule has 0 saturated heterocycles. The van der Waals surface area contributed by atoms with Crippen molar-refractivity contribution in [3.8, 4) is 10.7 Å². The predicted octanol–water partition coefficient (Wildman–Crippen LogP) is 2.36. The fraction of sp³-hybridized carbons (Fsp3) is 0. The largest absolute Gasteiger partial charge is 0.254 e. The standard InChI is InChI=1S/C7H4BrN3S/c8-5-1-2-9-6(3-5)7-11-10-4-12-7/h1-4H. The Kier molecular flexibility index (Phi) is 2.14. The summed E-state index contributed by atoms with van der Waals surface area (Å²) in [4.78, 5) is 4.16. The van der Waals surface area contributed by atoms with Crippen molar-refractivity contribution in [1.82, 2.24) is 15.2 Å². The molecule has 2 heterocycles. The van der Waals surface area contributed by atoms with Gasteiger partial charge in [0, 0.05) is 10.7 Å². The maximum atomic E-state index is 4.16. The Bertz CT molecular complexity index is 374. The summed E-state index contributed by atoms with van der Waals surface area (Å²) in [6, 6.07) is 3.80. The van der Waals surface area contributed by atoms with Gasteiger partial charge in [-0.2, -0.15) is 0 Å². The lowest BCUT2D eigenvalue weighted by Crippen LogP contribution is -1.81. The van der Waals surface area contributed by atoms with Crippen LogP contribution in [0.1, 0.15) is 0 Å². The Morgan fingerprint density at radius 3 is 3.00 bits per heavy atom. The molecule has 5 heteroatoms. The van der Waals surface area contributed by atoms with Crippen molar-refractivity contribution in [3.63, 3.8) is 0 Å². The average molecular weight is 242 g/mol. The molecule has 0 aromatic carbocycles. The zero-order chi connectivity index (χ0) is 8.39. The first-order valence-corrected chi connectivity index (χ1v) is 4.91. The normalized spacial score (nSPS) is 10.1. The number of pyridine rings is 1. The van der Waals surface area contributed by atoms with E-state index in [1.54, 1.807) is 11.7 Å². The highest BCUT2D eigenvalue weighted by atomic mass is 79.9. The van der Waals surface area contributed by atoms with E-state index in [9.17, 15) is 0 Å². The van der Waals surface area contributed by atoms with Crippen molar-refractivity contribution in [2.75, 3.05) is 0 Å². The summed E-state index contributed by atoms with van der Waals surface area (Å²) in [5.41, 5.74) is 2.55. The molecular weight excluding hydrogens is 238 g/mol. The summed E-state index contributed by atoms with van der Waals surface area (Å²) < 4.78 is 1.00. The van der Waals surface area contributed by atoms with Crippen molar-refractivity contribution < 1.29 is 0 Å². The van der Waals surface area contributed by atoms with Crippen LogP contribution in [0, 0.1) is 0 Å². The van der Waals surface area contributed by atoms with Gasteiger partial charge in [0.15, 0.2) is 5.01 Å². The minimum absolute atomic E-state index is 0.844. The van der Waals surface area contributed by atoms with Crippen LogP contribution in [0.15, 0.2) is 28.3 Å². The van der Waals surface area contributed by atoms with E-state index in [0.29, 0.717) is 0 Å². The van der Waals surface area contributed by atoms with E-state index in [0.717, 1.165) is 15.2 Å². The van der Waals surface area contributed by atoms with E-state index >= 15 is 0 Å². The van der Waals surface area contributed by atoms with Crippen molar-refractivity contribution in [1.29, 1.82) is 0 Å². The first kappa shape index (κ1) is 7.82. The van der Waals surface area contributed by atoms with Gasteiger partial charge in [0.25, 0.3) is 0 Å². The molecule has 0 aliphatic carbocycles.